The van der Waals surface area contributed by atoms with E-state index in [0.717, 1.165) is 31.4 Å². The van der Waals surface area contributed by atoms with Gasteiger partial charge in [-0.3, -0.25) is 0 Å². The molecule has 1 saturated carbocycles. The van der Waals surface area contributed by atoms with Crippen molar-refractivity contribution >= 4 is 33.2 Å². The lowest BCUT2D eigenvalue weighted by molar-refractivity contribution is 0.210. The number of aryl methyl sites for hydroxylation is 1. The summed E-state index contributed by atoms with van der Waals surface area (Å²) in [6.45, 7) is 4.21. The minimum Gasteiger partial charge on any atom is -0.492 e. The number of ether oxygens (including phenoxy) is 1. The first-order valence-electron chi connectivity index (χ1n) is 8.37. The van der Waals surface area contributed by atoms with Crippen LogP contribution in [0, 0.1) is 6.92 Å². The van der Waals surface area contributed by atoms with Gasteiger partial charge < -0.3 is 4.74 Å². The number of halogens is 2. The summed E-state index contributed by atoms with van der Waals surface area (Å²) in [7, 11) is -3.71. The molecule has 0 heterocycles. The van der Waals surface area contributed by atoms with Gasteiger partial charge in [-0.2, -0.15) is 4.31 Å². The first-order chi connectivity index (χ1) is 11.3. The second-order valence-electron chi connectivity index (χ2n) is 6.71. The summed E-state index contributed by atoms with van der Waals surface area (Å²) in [6, 6.07) is 3.80. The molecule has 0 spiro atoms. The molecule has 0 amide bonds. The second-order valence-corrected chi connectivity index (χ2v) is 10.2. The Morgan fingerprint density at radius 3 is 2.62 bits per heavy atom. The zero-order valence-electron chi connectivity index (χ0n) is 14.0. The van der Waals surface area contributed by atoms with Crippen LogP contribution in [-0.2, 0) is 22.9 Å². The predicted octanol–water partition coefficient (Wildman–Crippen LogP) is 3.81. The van der Waals surface area contributed by atoms with Crippen LogP contribution in [0.15, 0.2) is 12.1 Å². The van der Waals surface area contributed by atoms with Crippen molar-refractivity contribution in [3.05, 3.63) is 28.8 Å². The molecule has 24 heavy (non-hydrogen) atoms. The number of rotatable bonds is 7. The van der Waals surface area contributed by atoms with Crippen molar-refractivity contribution in [1.82, 2.24) is 4.31 Å². The molecule has 0 saturated heterocycles. The summed E-state index contributed by atoms with van der Waals surface area (Å²) in [4.78, 5) is 0. The fraction of sp³-hybridized carbons (Fsp3) is 0.647. The van der Waals surface area contributed by atoms with E-state index in [1.54, 1.807) is 0 Å². The highest BCUT2D eigenvalue weighted by atomic mass is 35.5. The lowest BCUT2D eigenvalue weighted by atomic mass is 10.0. The number of benzene rings is 1. The van der Waals surface area contributed by atoms with Gasteiger partial charge in [-0.25, -0.2) is 8.42 Å². The van der Waals surface area contributed by atoms with Crippen LogP contribution in [0.4, 0.5) is 0 Å². The van der Waals surface area contributed by atoms with Crippen LogP contribution in [-0.4, -0.2) is 35.6 Å². The molecule has 3 rings (SSSR count). The number of hydrogen-bond donors (Lipinski definition) is 0. The highest BCUT2D eigenvalue weighted by Gasteiger charge is 2.43. The van der Waals surface area contributed by atoms with Gasteiger partial charge in [0.2, 0.25) is 14.2 Å². The largest absolute Gasteiger partial charge is 0.492 e. The number of nitrogens with zero attached hydrogens (tertiary/aromatic N) is 1. The maximum Gasteiger partial charge on any atom is 0.245 e. The van der Waals surface area contributed by atoms with Gasteiger partial charge >= 0.3 is 0 Å². The van der Waals surface area contributed by atoms with Crippen molar-refractivity contribution in [2.45, 2.75) is 62.2 Å². The molecule has 0 radical (unpaired) electrons. The molecule has 2 aliphatic rings. The van der Waals surface area contributed by atoms with Crippen LogP contribution < -0.4 is 4.74 Å². The van der Waals surface area contributed by atoms with E-state index in [1.807, 2.05) is 13.0 Å². The van der Waals surface area contributed by atoms with Crippen molar-refractivity contribution in [3.8, 4) is 5.75 Å². The molecule has 1 aromatic rings. The summed E-state index contributed by atoms with van der Waals surface area (Å²) in [5.41, 5.74) is 3.96. The molecule has 2 aliphatic carbocycles. The van der Waals surface area contributed by atoms with Crippen LogP contribution in [0.5, 0.6) is 5.75 Å². The standard InChI is InChI=1S/C17H23Cl2NO3S/c1-11(20(14-7-8-14)24(21,22)17(18)19)10-23-16-9-6-13-4-3-5-15(13)12(16)2/h6,9,11,14,17H,3-5,7-8,10H2,1-2H3/t11-/m0/s1. The minimum atomic E-state index is -3.71. The van der Waals surface area contributed by atoms with E-state index in [4.69, 9.17) is 27.9 Å². The Morgan fingerprint density at radius 2 is 2.00 bits per heavy atom. The summed E-state index contributed by atoms with van der Waals surface area (Å²) < 4.78 is 30.7. The Bertz CT molecular complexity index is 717. The number of alkyl halides is 2. The number of sulfonamides is 1. The Morgan fingerprint density at radius 1 is 1.29 bits per heavy atom. The normalized spacial score (nSPS) is 18.9. The zero-order valence-corrected chi connectivity index (χ0v) is 16.3. The first kappa shape index (κ1) is 18.3. The monoisotopic (exact) mass is 391 g/mol. The minimum absolute atomic E-state index is 0.00489. The lowest BCUT2D eigenvalue weighted by Gasteiger charge is -2.29. The summed E-state index contributed by atoms with van der Waals surface area (Å²) in [5.74, 6) is 0.837. The molecular formula is C17H23Cl2NO3S. The fourth-order valence-corrected chi connectivity index (χ4v) is 5.43. The van der Waals surface area contributed by atoms with Crippen LogP contribution in [0.25, 0.3) is 0 Å². The smallest absolute Gasteiger partial charge is 0.245 e. The van der Waals surface area contributed by atoms with Gasteiger partial charge in [-0.15, -0.1) is 0 Å². The maximum atomic E-state index is 12.4. The molecule has 1 fully saturated rings. The van der Waals surface area contributed by atoms with Gasteiger partial charge in [-0.1, -0.05) is 29.3 Å². The molecular weight excluding hydrogens is 369 g/mol. The molecule has 0 aliphatic heterocycles. The van der Waals surface area contributed by atoms with E-state index in [1.165, 1.54) is 27.4 Å². The quantitative estimate of drug-likeness (QED) is 0.663. The lowest BCUT2D eigenvalue weighted by Crippen LogP contribution is -2.45. The van der Waals surface area contributed by atoms with E-state index in [9.17, 15) is 8.42 Å². The molecule has 0 bridgehead atoms. The summed E-state index contributed by atoms with van der Waals surface area (Å²) in [5, 5.41) is 0. The van der Waals surface area contributed by atoms with Crippen LogP contribution >= 0.6 is 23.2 Å². The molecule has 0 aromatic heterocycles. The van der Waals surface area contributed by atoms with E-state index in [-0.39, 0.29) is 18.7 Å². The average Bonchev–Trinajstić information content (AvgIpc) is 3.21. The predicted molar refractivity (Wildman–Crippen MR) is 97.4 cm³/mol. The topological polar surface area (TPSA) is 46.6 Å². The zero-order chi connectivity index (χ0) is 17.5. The van der Waals surface area contributed by atoms with Gasteiger partial charge in [0.05, 0.1) is 6.04 Å². The second kappa shape index (κ2) is 7.02. The first-order valence-corrected chi connectivity index (χ1v) is 10.7. The van der Waals surface area contributed by atoms with Gasteiger partial charge in [0, 0.05) is 6.04 Å². The van der Waals surface area contributed by atoms with Crippen molar-refractivity contribution in [3.63, 3.8) is 0 Å². The maximum absolute atomic E-state index is 12.4. The van der Waals surface area contributed by atoms with Crippen molar-refractivity contribution in [2.75, 3.05) is 6.61 Å². The Kier molecular flexibility index (Phi) is 5.36. The third kappa shape index (κ3) is 3.55. The van der Waals surface area contributed by atoms with E-state index < -0.39 is 14.2 Å². The highest BCUT2D eigenvalue weighted by molar-refractivity contribution is 7.92. The van der Waals surface area contributed by atoms with Crippen molar-refractivity contribution in [2.24, 2.45) is 0 Å². The molecule has 7 heteroatoms. The van der Waals surface area contributed by atoms with E-state index in [0.29, 0.717) is 0 Å². The van der Waals surface area contributed by atoms with Crippen molar-refractivity contribution in [1.29, 1.82) is 0 Å². The van der Waals surface area contributed by atoms with Gasteiger partial charge in [0.15, 0.2) is 0 Å². The highest BCUT2D eigenvalue weighted by Crippen LogP contribution is 2.35. The molecule has 1 atom stereocenters. The SMILES string of the molecule is Cc1c(OC[C@H](C)N(C2CC2)S(=O)(=O)C(Cl)Cl)ccc2c1CCC2. The third-order valence-corrected chi connectivity index (χ3v) is 7.91. The fourth-order valence-electron chi connectivity index (χ4n) is 3.51. The van der Waals surface area contributed by atoms with Crippen LogP contribution in [0.3, 0.4) is 0 Å². The molecule has 0 unspecified atom stereocenters. The number of hydrogen-bond acceptors (Lipinski definition) is 3. The van der Waals surface area contributed by atoms with Gasteiger partial charge in [0.1, 0.15) is 12.4 Å². The molecule has 1 aromatic carbocycles. The number of fused-ring (bicyclic) bond motifs is 1. The summed E-state index contributed by atoms with van der Waals surface area (Å²) in [6.07, 6.45) is 5.12. The molecule has 0 N–H and O–H groups in total. The van der Waals surface area contributed by atoms with Gasteiger partial charge in [0.25, 0.3) is 0 Å². The average molecular weight is 392 g/mol. The molecule has 134 valence electrons. The van der Waals surface area contributed by atoms with Crippen molar-refractivity contribution < 1.29 is 13.2 Å². The Hall–Kier alpha value is -0.490. The summed E-state index contributed by atoms with van der Waals surface area (Å²) >= 11 is 11.4. The van der Waals surface area contributed by atoms with Crippen LogP contribution in [0.1, 0.15) is 42.9 Å². The Balaban J connectivity index is 1.72. The Labute approximate surface area is 154 Å². The molecule has 4 nitrogen and oxygen atoms in total. The van der Waals surface area contributed by atoms with Gasteiger partial charge in [-0.05, 0) is 68.7 Å². The van der Waals surface area contributed by atoms with E-state index >= 15 is 0 Å². The third-order valence-electron chi connectivity index (χ3n) is 4.86. The van der Waals surface area contributed by atoms with E-state index in [2.05, 4.69) is 13.0 Å². The van der Waals surface area contributed by atoms with Crippen LogP contribution in [0.2, 0.25) is 0 Å².